The Hall–Kier alpha value is -1.61. The lowest BCUT2D eigenvalue weighted by Crippen LogP contribution is -2.24. The van der Waals surface area contributed by atoms with E-state index >= 15 is 0 Å². The van der Waals surface area contributed by atoms with Crippen LogP contribution in [-0.2, 0) is 6.42 Å². The highest BCUT2D eigenvalue weighted by molar-refractivity contribution is 9.10. The molecular weight excluding hydrogens is 328 g/mol. The summed E-state index contributed by atoms with van der Waals surface area (Å²) in [6.45, 7) is 6.08. The van der Waals surface area contributed by atoms with E-state index < -0.39 is 0 Å². The molecule has 0 unspecified atom stereocenters. The van der Waals surface area contributed by atoms with Crippen LogP contribution in [0, 0.1) is 6.92 Å². The summed E-state index contributed by atoms with van der Waals surface area (Å²) in [6, 6.07) is 11.5. The van der Waals surface area contributed by atoms with Gasteiger partial charge < -0.3 is 4.74 Å². The Morgan fingerprint density at radius 1 is 1.19 bits per heavy atom. The first-order valence-electron chi connectivity index (χ1n) is 6.98. The molecule has 0 N–H and O–H groups in total. The summed E-state index contributed by atoms with van der Waals surface area (Å²) in [7, 11) is 0. The van der Waals surface area contributed by atoms with Crippen molar-refractivity contribution >= 4 is 21.7 Å². The van der Waals surface area contributed by atoms with Gasteiger partial charge in [-0.05, 0) is 62.2 Å². The molecule has 2 nitrogen and oxygen atoms in total. The number of hydrogen-bond acceptors (Lipinski definition) is 2. The predicted molar refractivity (Wildman–Crippen MR) is 87.2 cm³/mol. The Kier molecular flexibility index (Phi) is 3.40. The molecule has 0 fully saturated rings. The standard InChI is InChI=1S/C18H17BrO2/c1-11-4-6-14(19)9-15(11)17(20)12-5-7-16-13(8-12)10-18(2,3)21-16/h4-9H,10H2,1-3H3. The number of benzene rings is 2. The molecule has 0 radical (unpaired) electrons. The summed E-state index contributed by atoms with van der Waals surface area (Å²) in [4.78, 5) is 12.7. The zero-order valence-electron chi connectivity index (χ0n) is 12.4. The number of ether oxygens (including phenoxy) is 1. The molecule has 2 aromatic rings. The van der Waals surface area contributed by atoms with Crippen molar-refractivity contribution in [2.75, 3.05) is 0 Å². The second kappa shape index (κ2) is 4.99. The van der Waals surface area contributed by atoms with Crippen LogP contribution < -0.4 is 4.74 Å². The SMILES string of the molecule is Cc1ccc(Br)cc1C(=O)c1ccc2c(c1)CC(C)(C)O2. The van der Waals surface area contributed by atoms with E-state index in [0.717, 1.165) is 38.9 Å². The molecule has 1 heterocycles. The van der Waals surface area contributed by atoms with Gasteiger partial charge in [-0.15, -0.1) is 0 Å². The Morgan fingerprint density at radius 3 is 2.71 bits per heavy atom. The van der Waals surface area contributed by atoms with Crippen LogP contribution in [-0.4, -0.2) is 11.4 Å². The molecule has 0 saturated heterocycles. The third kappa shape index (κ3) is 2.75. The summed E-state index contributed by atoms with van der Waals surface area (Å²) in [6.07, 6.45) is 0.834. The van der Waals surface area contributed by atoms with E-state index in [2.05, 4.69) is 29.8 Å². The van der Waals surface area contributed by atoms with Crippen LogP contribution in [0.5, 0.6) is 5.75 Å². The third-order valence-electron chi connectivity index (χ3n) is 3.77. The van der Waals surface area contributed by atoms with Gasteiger partial charge in [-0.3, -0.25) is 4.79 Å². The molecule has 3 heteroatoms. The molecule has 0 amide bonds. The molecule has 0 atom stereocenters. The molecule has 0 bridgehead atoms. The first-order valence-corrected chi connectivity index (χ1v) is 7.78. The normalized spacial score (nSPS) is 15.4. The van der Waals surface area contributed by atoms with Crippen LogP contribution in [0.2, 0.25) is 0 Å². The molecule has 3 rings (SSSR count). The maximum Gasteiger partial charge on any atom is 0.193 e. The number of carbonyl (C=O) groups excluding carboxylic acids is 1. The predicted octanol–water partition coefficient (Wildman–Crippen LogP) is 4.70. The lowest BCUT2D eigenvalue weighted by atomic mass is 9.95. The van der Waals surface area contributed by atoms with Gasteiger partial charge in [0.15, 0.2) is 5.78 Å². The molecule has 0 spiro atoms. The van der Waals surface area contributed by atoms with Crippen molar-refractivity contribution in [1.29, 1.82) is 0 Å². The highest BCUT2D eigenvalue weighted by atomic mass is 79.9. The van der Waals surface area contributed by atoms with Crippen LogP contribution in [0.3, 0.4) is 0 Å². The molecule has 1 aliphatic heterocycles. The number of ketones is 1. The quantitative estimate of drug-likeness (QED) is 0.738. The van der Waals surface area contributed by atoms with Gasteiger partial charge >= 0.3 is 0 Å². The Labute approximate surface area is 133 Å². The third-order valence-corrected chi connectivity index (χ3v) is 4.26. The Bertz CT molecular complexity index is 732. The minimum Gasteiger partial charge on any atom is -0.487 e. The van der Waals surface area contributed by atoms with Gasteiger partial charge in [-0.1, -0.05) is 22.0 Å². The van der Waals surface area contributed by atoms with E-state index in [0.29, 0.717) is 0 Å². The molecule has 21 heavy (non-hydrogen) atoms. The van der Waals surface area contributed by atoms with Gasteiger partial charge in [0.2, 0.25) is 0 Å². The van der Waals surface area contributed by atoms with Crippen molar-refractivity contribution in [3.63, 3.8) is 0 Å². The fourth-order valence-electron chi connectivity index (χ4n) is 2.75. The number of fused-ring (bicyclic) bond motifs is 1. The van der Waals surface area contributed by atoms with Gasteiger partial charge in [0.05, 0.1) is 0 Å². The smallest absolute Gasteiger partial charge is 0.193 e. The largest absolute Gasteiger partial charge is 0.487 e. The van der Waals surface area contributed by atoms with Crippen LogP contribution in [0.1, 0.15) is 40.9 Å². The van der Waals surface area contributed by atoms with E-state index in [1.54, 1.807) is 0 Å². The van der Waals surface area contributed by atoms with Gasteiger partial charge in [-0.25, -0.2) is 0 Å². The molecule has 0 saturated carbocycles. The summed E-state index contributed by atoms with van der Waals surface area (Å²) in [5.41, 5.74) is 3.37. The van der Waals surface area contributed by atoms with E-state index in [1.807, 2.05) is 43.3 Å². The first-order chi connectivity index (χ1) is 9.85. The van der Waals surface area contributed by atoms with Gasteiger partial charge in [0.1, 0.15) is 11.4 Å². The second-order valence-electron chi connectivity index (χ2n) is 6.15. The zero-order chi connectivity index (χ0) is 15.2. The van der Waals surface area contributed by atoms with Gasteiger partial charge in [0.25, 0.3) is 0 Å². The fraction of sp³-hybridized carbons (Fsp3) is 0.278. The highest BCUT2D eigenvalue weighted by Gasteiger charge is 2.30. The van der Waals surface area contributed by atoms with E-state index in [9.17, 15) is 4.79 Å². The van der Waals surface area contributed by atoms with Crippen LogP contribution in [0.15, 0.2) is 40.9 Å². The average molecular weight is 345 g/mol. The molecule has 108 valence electrons. The maximum atomic E-state index is 12.7. The highest BCUT2D eigenvalue weighted by Crippen LogP contribution is 2.35. The summed E-state index contributed by atoms with van der Waals surface area (Å²) < 4.78 is 6.78. The lowest BCUT2D eigenvalue weighted by molar-refractivity contribution is 0.103. The monoisotopic (exact) mass is 344 g/mol. The molecule has 2 aromatic carbocycles. The van der Waals surface area contributed by atoms with Crippen LogP contribution >= 0.6 is 15.9 Å². The van der Waals surface area contributed by atoms with E-state index in [1.165, 1.54) is 0 Å². The second-order valence-corrected chi connectivity index (χ2v) is 7.07. The van der Waals surface area contributed by atoms with Crippen molar-refractivity contribution in [2.45, 2.75) is 32.8 Å². The lowest BCUT2D eigenvalue weighted by Gasteiger charge is -2.16. The Morgan fingerprint density at radius 2 is 1.95 bits per heavy atom. The topological polar surface area (TPSA) is 26.3 Å². The Balaban J connectivity index is 1.99. The molecule has 1 aliphatic rings. The number of carbonyl (C=O) groups is 1. The van der Waals surface area contributed by atoms with Crippen LogP contribution in [0.25, 0.3) is 0 Å². The number of halogens is 1. The number of aryl methyl sites for hydroxylation is 1. The van der Waals surface area contributed by atoms with Crippen molar-refractivity contribution in [1.82, 2.24) is 0 Å². The summed E-state index contributed by atoms with van der Waals surface area (Å²) in [5.74, 6) is 0.948. The summed E-state index contributed by atoms with van der Waals surface area (Å²) >= 11 is 3.43. The van der Waals surface area contributed by atoms with Gasteiger partial charge in [-0.2, -0.15) is 0 Å². The van der Waals surface area contributed by atoms with E-state index in [4.69, 9.17) is 4.74 Å². The number of rotatable bonds is 2. The van der Waals surface area contributed by atoms with Crippen molar-refractivity contribution in [3.05, 3.63) is 63.1 Å². The minimum absolute atomic E-state index is 0.0568. The maximum absolute atomic E-state index is 12.7. The molecule has 0 aliphatic carbocycles. The first kappa shape index (κ1) is 14.3. The number of hydrogen-bond donors (Lipinski definition) is 0. The van der Waals surface area contributed by atoms with Gasteiger partial charge in [0, 0.05) is 22.0 Å². The molecular formula is C18H17BrO2. The van der Waals surface area contributed by atoms with Crippen LogP contribution in [0.4, 0.5) is 0 Å². The van der Waals surface area contributed by atoms with E-state index in [-0.39, 0.29) is 11.4 Å². The minimum atomic E-state index is -0.185. The zero-order valence-corrected chi connectivity index (χ0v) is 14.0. The van der Waals surface area contributed by atoms with Crippen molar-refractivity contribution < 1.29 is 9.53 Å². The molecule has 0 aromatic heterocycles. The summed E-state index contributed by atoms with van der Waals surface area (Å²) in [5, 5.41) is 0. The fourth-order valence-corrected chi connectivity index (χ4v) is 3.11. The van der Waals surface area contributed by atoms with Crippen molar-refractivity contribution in [2.24, 2.45) is 0 Å². The van der Waals surface area contributed by atoms with Crippen molar-refractivity contribution in [3.8, 4) is 5.75 Å². The average Bonchev–Trinajstić information content (AvgIpc) is 2.73.